The molecule has 0 amide bonds. The first kappa shape index (κ1) is 25.6. The van der Waals surface area contributed by atoms with E-state index in [0.29, 0.717) is 11.6 Å². The fourth-order valence-electron chi connectivity index (χ4n) is 5.02. The summed E-state index contributed by atoms with van der Waals surface area (Å²) in [5.41, 5.74) is 5.36. The Morgan fingerprint density at radius 1 is 1.15 bits per heavy atom. The summed E-state index contributed by atoms with van der Waals surface area (Å²) in [6.45, 7) is 5.01. The van der Waals surface area contributed by atoms with Gasteiger partial charge in [-0.1, -0.05) is 63.3 Å². The highest BCUT2D eigenvalue weighted by atomic mass is 32.2. The lowest BCUT2D eigenvalue weighted by molar-refractivity contribution is 0.0697. The highest BCUT2D eigenvalue weighted by Crippen LogP contribution is 2.33. The van der Waals surface area contributed by atoms with Gasteiger partial charge in [0.2, 0.25) is 0 Å². The van der Waals surface area contributed by atoms with Gasteiger partial charge in [-0.3, -0.25) is 0 Å². The molecule has 5 heteroatoms. The summed E-state index contributed by atoms with van der Waals surface area (Å²) in [7, 11) is 3.98. The van der Waals surface area contributed by atoms with Crippen molar-refractivity contribution in [2.75, 3.05) is 30.5 Å². The van der Waals surface area contributed by atoms with Crippen LogP contribution in [0.4, 0.5) is 5.69 Å². The minimum absolute atomic E-state index is 0.358. The molecular formula is C28H40N2O2S. The molecule has 0 bridgehead atoms. The second-order valence-corrected chi connectivity index (χ2v) is 10.8. The molecule has 1 fully saturated rings. The Morgan fingerprint density at radius 3 is 2.52 bits per heavy atom. The predicted molar refractivity (Wildman–Crippen MR) is 143 cm³/mol. The van der Waals surface area contributed by atoms with Crippen molar-refractivity contribution < 1.29 is 9.90 Å². The normalized spacial score (nSPS) is 15.4. The molecule has 1 saturated carbocycles. The lowest BCUT2D eigenvalue weighted by Gasteiger charge is -2.28. The summed E-state index contributed by atoms with van der Waals surface area (Å²) in [5, 5.41) is 13.8. The molecule has 2 aromatic carbocycles. The van der Waals surface area contributed by atoms with E-state index in [-0.39, 0.29) is 0 Å². The van der Waals surface area contributed by atoms with E-state index >= 15 is 0 Å². The monoisotopic (exact) mass is 468 g/mol. The second kappa shape index (κ2) is 12.5. The number of hydrogen-bond acceptors (Lipinski definition) is 4. The van der Waals surface area contributed by atoms with E-state index < -0.39 is 5.97 Å². The van der Waals surface area contributed by atoms with Crippen LogP contribution in [0.15, 0.2) is 36.4 Å². The summed E-state index contributed by atoms with van der Waals surface area (Å²) in [5.74, 6) is 2.21. The SMILES string of the molecule is CCSC[C@H](CC1CCCCC1)NCc1cc(-c2ccccc2C)c(C(=O)O)cc1N(C)C. The Hall–Kier alpha value is -1.98. The van der Waals surface area contributed by atoms with Crippen LogP contribution in [0.2, 0.25) is 0 Å². The van der Waals surface area contributed by atoms with Gasteiger partial charge in [0.25, 0.3) is 0 Å². The number of benzene rings is 2. The molecule has 33 heavy (non-hydrogen) atoms. The first-order chi connectivity index (χ1) is 15.9. The molecule has 3 rings (SSSR count). The molecule has 0 unspecified atom stereocenters. The zero-order chi connectivity index (χ0) is 23.8. The Balaban J connectivity index is 1.90. The van der Waals surface area contributed by atoms with Crippen LogP contribution < -0.4 is 10.2 Å². The average Bonchev–Trinajstić information content (AvgIpc) is 2.81. The van der Waals surface area contributed by atoms with Crippen molar-refractivity contribution in [2.24, 2.45) is 5.92 Å². The molecule has 1 aliphatic rings. The molecule has 4 nitrogen and oxygen atoms in total. The predicted octanol–water partition coefficient (Wildman–Crippen LogP) is 6.61. The van der Waals surface area contributed by atoms with Gasteiger partial charge in [0.05, 0.1) is 5.56 Å². The molecule has 1 atom stereocenters. The third kappa shape index (κ3) is 7.00. The maximum Gasteiger partial charge on any atom is 0.336 e. The third-order valence-electron chi connectivity index (χ3n) is 6.81. The van der Waals surface area contributed by atoms with Gasteiger partial charge < -0.3 is 15.3 Å². The van der Waals surface area contributed by atoms with Gasteiger partial charge in [0.15, 0.2) is 0 Å². The quantitative estimate of drug-likeness (QED) is 0.389. The van der Waals surface area contributed by atoms with Gasteiger partial charge in [0.1, 0.15) is 0 Å². The number of hydrogen-bond donors (Lipinski definition) is 2. The highest BCUT2D eigenvalue weighted by Gasteiger charge is 2.21. The van der Waals surface area contributed by atoms with Gasteiger partial charge in [-0.2, -0.15) is 11.8 Å². The average molecular weight is 469 g/mol. The zero-order valence-corrected chi connectivity index (χ0v) is 21.5. The Kier molecular flexibility index (Phi) is 9.69. The van der Waals surface area contributed by atoms with Crippen LogP contribution in [0.3, 0.4) is 0 Å². The molecule has 1 aliphatic carbocycles. The van der Waals surface area contributed by atoms with Crippen LogP contribution in [0.25, 0.3) is 11.1 Å². The van der Waals surface area contributed by atoms with Gasteiger partial charge in [-0.25, -0.2) is 4.79 Å². The van der Waals surface area contributed by atoms with Crippen molar-refractivity contribution in [3.63, 3.8) is 0 Å². The molecule has 180 valence electrons. The topological polar surface area (TPSA) is 52.6 Å². The van der Waals surface area contributed by atoms with E-state index in [1.807, 2.05) is 68.0 Å². The van der Waals surface area contributed by atoms with Gasteiger partial charge >= 0.3 is 5.97 Å². The van der Waals surface area contributed by atoms with Crippen LogP contribution in [0.1, 0.15) is 66.9 Å². The number of rotatable bonds is 11. The number of nitrogens with one attached hydrogen (secondary N) is 1. The van der Waals surface area contributed by atoms with Crippen LogP contribution >= 0.6 is 11.8 Å². The van der Waals surface area contributed by atoms with E-state index in [4.69, 9.17) is 0 Å². The van der Waals surface area contributed by atoms with Crippen molar-refractivity contribution in [3.05, 3.63) is 53.1 Å². The fourth-order valence-corrected chi connectivity index (χ4v) is 5.79. The summed E-state index contributed by atoms with van der Waals surface area (Å²) in [4.78, 5) is 14.2. The molecule has 0 aromatic heterocycles. The number of thioether (sulfide) groups is 1. The lowest BCUT2D eigenvalue weighted by Crippen LogP contribution is -2.34. The molecule has 0 radical (unpaired) electrons. The van der Waals surface area contributed by atoms with E-state index in [0.717, 1.165) is 51.9 Å². The first-order valence-electron chi connectivity index (χ1n) is 12.3. The van der Waals surface area contributed by atoms with Crippen molar-refractivity contribution in [3.8, 4) is 11.1 Å². The molecular weight excluding hydrogens is 428 g/mol. The van der Waals surface area contributed by atoms with Crippen molar-refractivity contribution in [2.45, 2.75) is 65.0 Å². The molecule has 0 aliphatic heterocycles. The lowest BCUT2D eigenvalue weighted by atomic mass is 9.85. The van der Waals surface area contributed by atoms with Crippen molar-refractivity contribution in [1.29, 1.82) is 0 Å². The summed E-state index contributed by atoms with van der Waals surface area (Å²) >= 11 is 2.01. The summed E-state index contributed by atoms with van der Waals surface area (Å²) in [6.07, 6.45) is 8.11. The van der Waals surface area contributed by atoms with Crippen LogP contribution in [0, 0.1) is 12.8 Å². The second-order valence-electron chi connectivity index (χ2n) is 9.52. The Labute approximate surface area is 204 Å². The standard InChI is InChI=1S/C28H40N2O2S/c1-5-33-19-23(15-21-12-7-6-8-13-21)29-18-22-16-25(24-14-10-9-11-20(24)2)26(28(31)32)17-27(22)30(3)4/h9-11,14,16-17,21,23,29H,5-8,12-13,15,18-19H2,1-4H3,(H,31,32)/t23-/m0/s1. The molecule has 0 heterocycles. The minimum atomic E-state index is -0.884. The van der Waals surface area contributed by atoms with Crippen LogP contribution in [-0.4, -0.2) is 42.7 Å². The molecule has 2 N–H and O–H groups in total. The highest BCUT2D eigenvalue weighted by molar-refractivity contribution is 7.99. The van der Waals surface area contributed by atoms with E-state index in [1.54, 1.807) is 0 Å². The summed E-state index contributed by atoms with van der Waals surface area (Å²) in [6, 6.07) is 12.5. The number of nitrogens with zero attached hydrogens (tertiary/aromatic N) is 1. The number of carboxylic acids is 1. The first-order valence-corrected chi connectivity index (χ1v) is 13.5. The van der Waals surface area contributed by atoms with Gasteiger partial charge in [0, 0.05) is 38.1 Å². The van der Waals surface area contributed by atoms with Crippen molar-refractivity contribution in [1.82, 2.24) is 5.32 Å². The number of carbonyl (C=O) groups is 1. The minimum Gasteiger partial charge on any atom is -0.478 e. The van der Waals surface area contributed by atoms with E-state index in [9.17, 15) is 9.90 Å². The molecule has 2 aromatic rings. The number of anilines is 1. The molecule has 0 saturated heterocycles. The van der Waals surface area contributed by atoms with Crippen molar-refractivity contribution >= 4 is 23.4 Å². The number of carboxylic acid groups (broad SMARTS) is 1. The zero-order valence-electron chi connectivity index (χ0n) is 20.7. The number of aromatic carboxylic acids is 1. The van der Waals surface area contributed by atoms with E-state index in [2.05, 4.69) is 18.3 Å². The van der Waals surface area contributed by atoms with Crippen LogP contribution in [-0.2, 0) is 6.54 Å². The Morgan fingerprint density at radius 2 is 1.88 bits per heavy atom. The van der Waals surface area contributed by atoms with Gasteiger partial charge in [-0.15, -0.1) is 0 Å². The maximum atomic E-state index is 12.2. The smallest absolute Gasteiger partial charge is 0.336 e. The van der Waals surface area contributed by atoms with Crippen LogP contribution in [0.5, 0.6) is 0 Å². The fraction of sp³-hybridized carbons (Fsp3) is 0.536. The Bertz CT molecular complexity index is 922. The maximum absolute atomic E-state index is 12.2. The largest absolute Gasteiger partial charge is 0.478 e. The summed E-state index contributed by atoms with van der Waals surface area (Å²) < 4.78 is 0. The third-order valence-corrected chi connectivity index (χ3v) is 7.86. The number of aryl methyl sites for hydroxylation is 1. The van der Waals surface area contributed by atoms with Gasteiger partial charge in [-0.05, 0) is 59.4 Å². The van der Waals surface area contributed by atoms with E-state index in [1.165, 1.54) is 38.5 Å². The molecule has 0 spiro atoms.